The van der Waals surface area contributed by atoms with E-state index < -0.39 is 0 Å². The van der Waals surface area contributed by atoms with Gasteiger partial charge < -0.3 is 14.7 Å². The Hall–Kier alpha value is -2.78. The van der Waals surface area contributed by atoms with Gasteiger partial charge in [0, 0.05) is 24.7 Å². The van der Waals surface area contributed by atoms with E-state index in [0.29, 0.717) is 25.1 Å². The number of likely N-dealkylation sites (N-methyl/N-ethyl adjacent to an activating group) is 1. The molecule has 0 bridgehead atoms. The van der Waals surface area contributed by atoms with E-state index >= 15 is 0 Å². The fraction of sp³-hybridized carbons (Fsp3) is 0.524. The quantitative estimate of drug-likeness (QED) is 0.683. The van der Waals surface area contributed by atoms with Crippen LogP contribution in [-0.4, -0.2) is 80.4 Å². The van der Waals surface area contributed by atoms with Crippen molar-refractivity contribution in [2.75, 3.05) is 44.3 Å². The lowest BCUT2D eigenvalue weighted by atomic mass is 10.2. The highest BCUT2D eigenvalue weighted by atomic mass is 16.5. The lowest BCUT2D eigenvalue weighted by molar-refractivity contribution is 0.122. The fourth-order valence-corrected chi connectivity index (χ4v) is 4.45. The molecule has 2 aliphatic heterocycles. The predicted octanol–water partition coefficient (Wildman–Crippen LogP) is 1.91. The SMILES string of the molecule is CCN1CCCC1Cn1nnc2c(N3CCOCC3)nc(-c3cccc(O)c3)nc21. The molecule has 2 fully saturated rings. The molecular formula is C21H27N7O2. The molecule has 2 aliphatic rings. The van der Waals surface area contributed by atoms with Crippen LogP contribution in [0.5, 0.6) is 5.75 Å². The highest BCUT2D eigenvalue weighted by Crippen LogP contribution is 2.29. The second-order valence-electron chi connectivity index (χ2n) is 7.89. The Bertz CT molecular complexity index is 1030. The first-order chi connectivity index (χ1) is 14.7. The van der Waals surface area contributed by atoms with Crippen LogP contribution in [0.3, 0.4) is 0 Å². The predicted molar refractivity (Wildman–Crippen MR) is 114 cm³/mol. The number of aromatic hydroxyl groups is 1. The van der Waals surface area contributed by atoms with Crippen molar-refractivity contribution in [3.05, 3.63) is 24.3 Å². The highest BCUT2D eigenvalue weighted by Gasteiger charge is 2.27. The Labute approximate surface area is 175 Å². The molecule has 2 saturated heterocycles. The van der Waals surface area contributed by atoms with E-state index in [1.165, 1.54) is 6.42 Å². The number of benzene rings is 1. The molecule has 1 atom stereocenters. The minimum atomic E-state index is 0.195. The molecule has 9 nitrogen and oxygen atoms in total. The molecule has 3 aromatic rings. The zero-order valence-electron chi connectivity index (χ0n) is 17.2. The average Bonchev–Trinajstić information content (AvgIpc) is 3.41. The third-order valence-electron chi connectivity index (χ3n) is 6.05. The highest BCUT2D eigenvalue weighted by molar-refractivity contribution is 5.85. The van der Waals surface area contributed by atoms with E-state index in [0.717, 1.165) is 61.7 Å². The summed E-state index contributed by atoms with van der Waals surface area (Å²) in [5, 5.41) is 18.9. The number of rotatable bonds is 5. The van der Waals surface area contributed by atoms with Crippen LogP contribution < -0.4 is 4.90 Å². The first-order valence-corrected chi connectivity index (χ1v) is 10.7. The number of anilines is 1. The lowest BCUT2D eigenvalue weighted by Crippen LogP contribution is -2.37. The smallest absolute Gasteiger partial charge is 0.184 e. The Morgan fingerprint density at radius 3 is 2.83 bits per heavy atom. The topological polar surface area (TPSA) is 92.4 Å². The van der Waals surface area contributed by atoms with Crippen LogP contribution in [0.2, 0.25) is 0 Å². The molecule has 2 aromatic heterocycles. The number of likely N-dealkylation sites (tertiary alicyclic amines) is 1. The average molecular weight is 409 g/mol. The summed E-state index contributed by atoms with van der Waals surface area (Å²) in [6.07, 6.45) is 2.38. The van der Waals surface area contributed by atoms with Crippen LogP contribution >= 0.6 is 0 Å². The zero-order chi connectivity index (χ0) is 20.5. The first kappa shape index (κ1) is 19.2. The van der Waals surface area contributed by atoms with Crippen molar-refractivity contribution in [3.63, 3.8) is 0 Å². The van der Waals surface area contributed by atoms with Crippen molar-refractivity contribution in [1.29, 1.82) is 0 Å². The van der Waals surface area contributed by atoms with Crippen molar-refractivity contribution >= 4 is 17.0 Å². The van der Waals surface area contributed by atoms with E-state index in [-0.39, 0.29) is 5.75 Å². The maximum Gasteiger partial charge on any atom is 0.184 e. The van der Waals surface area contributed by atoms with Crippen LogP contribution in [-0.2, 0) is 11.3 Å². The molecule has 0 amide bonds. The summed E-state index contributed by atoms with van der Waals surface area (Å²) in [4.78, 5) is 14.3. The maximum atomic E-state index is 9.95. The minimum Gasteiger partial charge on any atom is -0.508 e. The third kappa shape index (κ3) is 3.59. The molecule has 0 radical (unpaired) electrons. The third-order valence-corrected chi connectivity index (χ3v) is 6.05. The summed E-state index contributed by atoms with van der Waals surface area (Å²) in [6, 6.07) is 7.50. The Balaban J connectivity index is 1.60. The van der Waals surface area contributed by atoms with Gasteiger partial charge in [-0.2, -0.15) is 0 Å². The molecule has 5 rings (SSSR count). The van der Waals surface area contributed by atoms with E-state index in [4.69, 9.17) is 14.7 Å². The van der Waals surface area contributed by atoms with Gasteiger partial charge in [-0.15, -0.1) is 5.10 Å². The van der Waals surface area contributed by atoms with Crippen LogP contribution in [0.4, 0.5) is 5.82 Å². The normalized spacial score (nSPS) is 20.3. The summed E-state index contributed by atoms with van der Waals surface area (Å²) in [7, 11) is 0. The maximum absolute atomic E-state index is 9.95. The number of hydrogen-bond acceptors (Lipinski definition) is 8. The van der Waals surface area contributed by atoms with E-state index in [2.05, 4.69) is 27.0 Å². The molecule has 4 heterocycles. The molecule has 30 heavy (non-hydrogen) atoms. The molecular weight excluding hydrogens is 382 g/mol. The summed E-state index contributed by atoms with van der Waals surface area (Å²) in [6.45, 7) is 7.98. The van der Waals surface area contributed by atoms with Crippen molar-refractivity contribution in [3.8, 4) is 17.1 Å². The number of aromatic nitrogens is 5. The van der Waals surface area contributed by atoms with Crippen LogP contribution in [0.1, 0.15) is 19.8 Å². The summed E-state index contributed by atoms with van der Waals surface area (Å²) in [5.74, 6) is 1.55. The number of ether oxygens (including phenoxy) is 1. The molecule has 158 valence electrons. The first-order valence-electron chi connectivity index (χ1n) is 10.7. The van der Waals surface area contributed by atoms with Gasteiger partial charge in [0.1, 0.15) is 5.75 Å². The molecule has 0 aliphatic carbocycles. The van der Waals surface area contributed by atoms with Crippen molar-refractivity contribution in [1.82, 2.24) is 29.9 Å². The number of nitrogens with zero attached hydrogens (tertiary/aromatic N) is 7. The standard InChI is InChI=1S/C21H27N7O2/c1-2-26-8-4-6-16(26)14-28-21-18(24-25-28)20(27-9-11-30-12-10-27)22-19(23-21)15-5-3-7-17(29)13-15/h3,5,7,13,16,29H,2,4,6,8-12,14H2,1H3. The number of phenols is 1. The van der Waals surface area contributed by atoms with Gasteiger partial charge in [0.15, 0.2) is 22.8 Å². The number of hydrogen-bond donors (Lipinski definition) is 1. The monoisotopic (exact) mass is 409 g/mol. The number of fused-ring (bicyclic) bond motifs is 1. The molecule has 1 N–H and O–H groups in total. The van der Waals surface area contributed by atoms with Gasteiger partial charge in [0.25, 0.3) is 0 Å². The van der Waals surface area contributed by atoms with Gasteiger partial charge >= 0.3 is 0 Å². The van der Waals surface area contributed by atoms with Crippen LogP contribution in [0.15, 0.2) is 24.3 Å². The van der Waals surface area contributed by atoms with Gasteiger partial charge in [0.2, 0.25) is 0 Å². The summed E-state index contributed by atoms with van der Waals surface area (Å²) >= 11 is 0. The van der Waals surface area contributed by atoms with Gasteiger partial charge in [-0.05, 0) is 38.1 Å². The zero-order valence-corrected chi connectivity index (χ0v) is 17.2. The Kier molecular flexibility index (Phi) is 5.22. The van der Waals surface area contributed by atoms with Gasteiger partial charge in [-0.1, -0.05) is 24.3 Å². The molecule has 1 unspecified atom stereocenters. The number of phenolic OH excluding ortho intramolecular Hbond substituents is 1. The summed E-state index contributed by atoms with van der Waals surface area (Å²) in [5.41, 5.74) is 2.24. The van der Waals surface area contributed by atoms with Gasteiger partial charge in [-0.25, -0.2) is 14.6 Å². The van der Waals surface area contributed by atoms with E-state index in [1.54, 1.807) is 18.2 Å². The van der Waals surface area contributed by atoms with E-state index in [9.17, 15) is 5.11 Å². The molecule has 1 aromatic carbocycles. The molecule has 9 heteroatoms. The van der Waals surface area contributed by atoms with Gasteiger partial charge in [0.05, 0.1) is 19.8 Å². The fourth-order valence-electron chi connectivity index (χ4n) is 4.45. The largest absolute Gasteiger partial charge is 0.508 e. The van der Waals surface area contributed by atoms with Crippen molar-refractivity contribution in [2.45, 2.75) is 32.4 Å². The van der Waals surface area contributed by atoms with Crippen LogP contribution in [0, 0.1) is 0 Å². The molecule has 0 saturated carbocycles. The van der Waals surface area contributed by atoms with Gasteiger partial charge in [-0.3, -0.25) is 4.90 Å². The van der Waals surface area contributed by atoms with Crippen LogP contribution in [0.25, 0.3) is 22.6 Å². The minimum absolute atomic E-state index is 0.195. The number of morpholine rings is 1. The Morgan fingerprint density at radius 1 is 1.17 bits per heavy atom. The Morgan fingerprint density at radius 2 is 2.03 bits per heavy atom. The van der Waals surface area contributed by atoms with E-state index in [1.807, 2.05) is 10.7 Å². The van der Waals surface area contributed by atoms with Crippen molar-refractivity contribution in [2.24, 2.45) is 0 Å². The second kappa shape index (κ2) is 8.16. The lowest BCUT2D eigenvalue weighted by Gasteiger charge is -2.28. The molecule has 0 spiro atoms. The summed E-state index contributed by atoms with van der Waals surface area (Å²) < 4.78 is 7.44. The van der Waals surface area contributed by atoms with Crippen molar-refractivity contribution < 1.29 is 9.84 Å². The second-order valence-corrected chi connectivity index (χ2v) is 7.89.